The molecule has 23 heavy (non-hydrogen) atoms. The van der Waals surface area contributed by atoms with Gasteiger partial charge < -0.3 is 14.7 Å². The zero-order chi connectivity index (χ0) is 17.0. The Bertz CT molecular complexity index is 597. The molecule has 1 aromatic carbocycles. The van der Waals surface area contributed by atoms with E-state index >= 15 is 0 Å². The quantitative estimate of drug-likeness (QED) is 0.816. The van der Waals surface area contributed by atoms with Crippen LogP contribution >= 0.6 is 0 Å². The number of ketones is 1. The number of Topliss-reactive ketones (excluding diaryl/α,β-unsaturated/α-hetero) is 1. The smallest absolute Gasteiger partial charge is 0.223 e. The van der Waals surface area contributed by atoms with Gasteiger partial charge in [0.15, 0.2) is 5.78 Å². The summed E-state index contributed by atoms with van der Waals surface area (Å²) in [6.07, 6.45) is 1.28. The highest BCUT2D eigenvalue weighted by molar-refractivity contribution is 5.99. The number of methoxy groups -OCH3 is 1. The average molecular weight is 319 g/mol. The molecule has 0 radical (unpaired) electrons. The van der Waals surface area contributed by atoms with Gasteiger partial charge in [0.25, 0.3) is 0 Å². The predicted octanol–water partition coefficient (Wildman–Crippen LogP) is 2.12. The highest BCUT2D eigenvalue weighted by Gasteiger charge is 2.26. The molecular weight excluding hydrogens is 294 g/mol. The largest absolute Gasteiger partial charge is 0.496 e. The number of amides is 1. The molecule has 0 saturated carbocycles. The maximum absolute atomic E-state index is 12.4. The van der Waals surface area contributed by atoms with Crippen molar-refractivity contribution >= 4 is 11.7 Å². The summed E-state index contributed by atoms with van der Waals surface area (Å²) < 4.78 is 5.25. The molecule has 1 heterocycles. The van der Waals surface area contributed by atoms with Gasteiger partial charge >= 0.3 is 0 Å². The zero-order valence-corrected chi connectivity index (χ0v) is 14.1. The van der Waals surface area contributed by atoms with Crippen LogP contribution in [0.3, 0.4) is 0 Å². The van der Waals surface area contributed by atoms with E-state index in [0.717, 1.165) is 23.3 Å². The number of nitrogens with zero attached hydrogens (tertiary/aromatic N) is 1. The molecule has 1 saturated heterocycles. The van der Waals surface area contributed by atoms with E-state index in [1.807, 2.05) is 26.0 Å². The van der Waals surface area contributed by atoms with Gasteiger partial charge in [-0.15, -0.1) is 0 Å². The molecule has 126 valence electrons. The Morgan fingerprint density at radius 1 is 1.26 bits per heavy atom. The Hall–Kier alpha value is -1.88. The Morgan fingerprint density at radius 3 is 2.61 bits per heavy atom. The van der Waals surface area contributed by atoms with Crippen LogP contribution in [0.25, 0.3) is 0 Å². The Kier molecular flexibility index (Phi) is 5.77. The molecule has 1 N–H and O–H groups in total. The monoisotopic (exact) mass is 319 g/mol. The van der Waals surface area contributed by atoms with Gasteiger partial charge in [-0.25, -0.2) is 0 Å². The molecule has 1 amide bonds. The first kappa shape index (κ1) is 17.5. The van der Waals surface area contributed by atoms with Gasteiger partial charge in [-0.05, 0) is 43.5 Å². The summed E-state index contributed by atoms with van der Waals surface area (Å²) in [6.45, 7) is 5.18. The third-order valence-corrected chi connectivity index (χ3v) is 4.50. The van der Waals surface area contributed by atoms with Crippen LogP contribution in [0.15, 0.2) is 12.1 Å². The number of aliphatic hydroxyl groups is 1. The molecule has 0 bridgehead atoms. The van der Waals surface area contributed by atoms with Crippen molar-refractivity contribution in [2.24, 2.45) is 5.92 Å². The lowest BCUT2D eigenvalue weighted by Crippen LogP contribution is -2.29. The summed E-state index contributed by atoms with van der Waals surface area (Å²) in [7, 11) is 1.61. The van der Waals surface area contributed by atoms with Gasteiger partial charge in [0, 0.05) is 44.0 Å². The molecule has 1 fully saturated rings. The van der Waals surface area contributed by atoms with Crippen molar-refractivity contribution in [1.29, 1.82) is 0 Å². The SMILES string of the molecule is COc1cc(C)c(C(=O)CCC(=O)N2CC[C@H](CO)C2)cc1C. The van der Waals surface area contributed by atoms with Gasteiger partial charge in [0.2, 0.25) is 5.91 Å². The standard InChI is InChI=1S/C18H25NO4/c1-12-9-17(23-3)13(2)8-15(12)16(21)4-5-18(22)19-7-6-14(10-19)11-20/h8-9,14,20H,4-7,10-11H2,1-3H3/t14-/m0/s1. The molecular formula is C18H25NO4. The zero-order valence-electron chi connectivity index (χ0n) is 14.1. The fraction of sp³-hybridized carbons (Fsp3) is 0.556. The van der Waals surface area contributed by atoms with Crippen LogP contribution < -0.4 is 4.74 Å². The first-order valence-electron chi connectivity index (χ1n) is 8.03. The lowest BCUT2D eigenvalue weighted by Gasteiger charge is -2.16. The topological polar surface area (TPSA) is 66.8 Å². The van der Waals surface area contributed by atoms with Crippen molar-refractivity contribution in [1.82, 2.24) is 4.90 Å². The van der Waals surface area contributed by atoms with Crippen LogP contribution in [0, 0.1) is 19.8 Å². The number of carbonyl (C=O) groups excluding carboxylic acids is 2. The summed E-state index contributed by atoms with van der Waals surface area (Å²) in [5, 5.41) is 9.13. The van der Waals surface area contributed by atoms with Crippen LogP contribution in [0.4, 0.5) is 0 Å². The van der Waals surface area contributed by atoms with Crippen molar-refractivity contribution in [3.8, 4) is 5.75 Å². The van der Waals surface area contributed by atoms with Crippen LogP contribution in [0.2, 0.25) is 0 Å². The lowest BCUT2D eigenvalue weighted by atomic mass is 9.98. The number of hydrogen-bond acceptors (Lipinski definition) is 4. The molecule has 0 unspecified atom stereocenters. The number of benzene rings is 1. The van der Waals surface area contributed by atoms with E-state index in [9.17, 15) is 9.59 Å². The maximum Gasteiger partial charge on any atom is 0.223 e. The lowest BCUT2D eigenvalue weighted by molar-refractivity contribution is -0.130. The fourth-order valence-electron chi connectivity index (χ4n) is 3.03. The maximum atomic E-state index is 12.4. The number of hydrogen-bond donors (Lipinski definition) is 1. The van der Waals surface area contributed by atoms with Crippen molar-refractivity contribution in [3.05, 3.63) is 28.8 Å². The summed E-state index contributed by atoms with van der Waals surface area (Å²) in [5.41, 5.74) is 2.44. The third kappa shape index (κ3) is 4.10. The number of rotatable bonds is 6. The van der Waals surface area contributed by atoms with Gasteiger partial charge in [-0.1, -0.05) is 0 Å². The van der Waals surface area contributed by atoms with E-state index in [1.165, 1.54) is 0 Å². The molecule has 1 atom stereocenters. The van der Waals surface area contributed by atoms with E-state index in [2.05, 4.69) is 0 Å². The van der Waals surface area contributed by atoms with Gasteiger partial charge in [-0.3, -0.25) is 9.59 Å². The van der Waals surface area contributed by atoms with E-state index in [1.54, 1.807) is 12.0 Å². The minimum atomic E-state index is -0.0143. The van der Waals surface area contributed by atoms with Crippen molar-refractivity contribution < 1.29 is 19.4 Å². The first-order chi connectivity index (χ1) is 11.0. The molecule has 5 heteroatoms. The number of aliphatic hydroxyl groups excluding tert-OH is 1. The highest BCUT2D eigenvalue weighted by atomic mass is 16.5. The van der Waals surface area contributed by atoms with E-state index in [0.29, 0.717) is 18.7 Å². The molecule has 1 aliphatic heterocycles. The average Bonchev–Trinajstić information content (AvgIpc) is 3.03. The molecule has 5 nitrogen and oxygen atoms in total. The summed E-state index contributed by atoms with van der Waals surface area (Å²) in [5.74, 6) is 0.931. The number of aryl methyl sites for hydroxylation is 2. The number of carbonyl (C=O) groups is 2. The number of ether oxygens (including phenoxy) is 1. The normalized spacial score (nSPS) is 17.4. The summed E-state index contributed by atoms with van der Waals surface area (Å²) >= 11 is 0. The van der Waals surface area contributed by atoms with Crippen LogP contribution in [-0.4, -0.2) is 48.5 Å². The Morgan fingerprint density at radius 2 is 2.00 bits per heavy atom. The molecule has 0 aliphatic carbocycles. The fourth-order valence-corrected chi connectivity index (χ4v) is 3.03. The molecule has 2 rings (SSSR count). The van der Waals surface area contributed by atoms with Gasteiger partial charge in [0.1, 0.15) is 5.75 Å². The van der Waals surface area contributed by atoms with E-state index in [4.69, 9.17) is 9.84 Å². The highest BCUT2D eigenvalue weighted by Crippen LogP contribution is 2.24. The second-order valence-corrected chi connectivity index (χ2v) is 6.24. The van der Waals surface area contributed by atoms with Crippen LogP contribution in [0.5, 0.6) is 5.75 Å². The summed E-state index contributed by atoms with van der Waals surface area (Å²) in [6, 6.07) is 3.69. The third-order valence-electron chi connectivity index (χ3n) is 4.50. The summed E-state index contributed by atoms with van der Waals surface area (Å²) in [4.78, 5) is 26.3. The molecule has 0 aromatic heterocycles. The van der Waals surface area contributed by atoms with Crippen molar-refractivity contribution in [2.45, 2.75) is 33.1 Å². The van der Waals surface area contributed by atoms with Gasteiger partial charge in [0.05, 0.1) is 7.11 Å². The second kappa shape index (κ2) is 7.59. The van der Waals surface area contributed by atoms with Crippen molar-refractivity contribution in [2.75, 3.05) is 26.8 Å². The van der Waals surface area contributed by atoms with Gasteiger partial charge in [-0.2, -0.15) is 0 Å². The Balaban J connectivity index is 1.95. The molecule has 0 spiro atoms. The number of likely N-dealkylation sites (tertiary alicyclic amines) is 1. The first-order valence-corrected chi connectivity index (χ1v) is 8.03. The molecule has 1 aromatic rings. The predicted molar refractivity (Wildman–Crippen MR) is 87.8 cm³/mol. The Labute approximate surface area is 137 Å². The minimum Gasteiger partial charge on any atom is -0.496 e. The molecule has 1 aliphatic rings. The minimum absolute atomic E-state index is 0.00260. The van der Waals surface area contributed by atoms with E-state index < -0.39 is 0 Å². The van der Waals surface area contributed by atoms with Crippen LogP contribution in [0.1, 0.15) is 40.7 Å². The van der Waals surface area contributed by atoms with E-state index in [-0.39, 0.29) is 37.1 Å². The van der Waals surface area contributed by atoms with Crippen LogP contribution in [-0.2, 0) is 4.79 Å². The van der Waals surface area contributed by atoms with Crippen molar-refractivity contribution in [3.63, 3.8) is 0 Å². The second-order valence-electron chi connectivity index (χ2n) is 6.24.